The van der Waals surface area contributed by atoms with Crippen LogP contribution in [-0.4, -0.2) is 28.7 Å². The van der Waals surface area contributed by atoms with Gasteiger partial charge in [0, 0.05) is 6.04 Å². The Bertz CT molecular complexity index is 628. The molecule has 1 N–H and O–H groups in total. The van der Waals surface area contributed by atoms with E-state index in [0.717, 1.165) is 25.7 Å². The summed E-state index contributed by atoms with van der Waals surface area (Å²) in [6, 6.07) is 3.60. The first kappa shape index (κ1) is 13.4. The number of aromatic nitrogens is 2. The van der Waals surface area contributed by atoms with Gasteiger partial charge in [0.1, 0.15) is 5.76 Å². The maximum atomic E-state index is 12.7. The van der Waals surface area contributed by atoms with Gasteiger partial charge in [-0.2, -0.15) is 4.31 Å². The molecular formula is C13H17N3O3S. The lowest BCUT2D eigenvalue weighted by Gasteiger charge is -2.26. The Morgan fingerprint density at radius 1 is 1.40 bits per heavy atom. The standard InChI is InChI=1S/C13H17N3O3S/c17-20(18,13-8-14-10-15-13)16(11-4-1-2-5-11)9-12-6-3-7-19-12/h3,6-8,10-11H,1-2,4-5,9H2,(H,14,15). The number of furan rings is 1. The van der Waals surface area contributed by atoms with Crippen LogP contribution in [0.1, 0.15) is 31.4 Å². The lowest BCUT2D eigenvalue weighted by Crippen LogP contribution is -2.38. The van der Waals surface area contributed by atoms with E-state index < -0.39 is 10.0 Å². The molecule has 2 aromatic heterocycles. The molecule has 0 saturated heterocycles. The molecule has 0 atom stereocenters. The van der Waals surface area contributed by atoms with Crippen LogP contribution in [0, 0.1) is 0 Å². The molecule has 1 saturated carbocycles. The van der Waals surface area contributed by atoms with Crippen molar-refractivity contribution in [2.75, 3.05) is 0 Å². The molecule has 1 fully saturated rings. The summed E-state index contributed by atoms with van der Waals surface area (Å²) in [6.45, 7) is 0.263. The zero-order chi connectivity index (χ0) is 14.0. The summed E-state index contributed by atoms with van der Waals surface area (Å²) in [5.74, 6) is 0.653. The summed E-state index contributed by atoms with van der Waals surface area (Å²) in [5.41, 5.74) is 0. The van der Waals surface area contributed by atoms with Crippen molar-refractivity contribution in [3.8, 4) is 0 Å². The third-order valence-electron chi connectivity index (χ3n) is 3.68. The molecule has 0 unspecified atom stereocenters. The third-order valence-corrected chi connectivity index (χ3v) is 5.51. The Morgan fingerprint density at radius 3 is 2.80 bits per heavy atom. The monoisotopic (exact) mass is 295 g/mol. The van der Waals surface area contributed by atoms with E-state index in [-0.39, 0.29) is 17.6 Å². The van der Waals surface area contributed by atoms with Crippen LogP contribution in [0.25, 0.3) is 0 Å². The molecule has 3 rings (SSSR count). The molecule has 108 valence electrons. The zero-order valence-corrected chi connectivity index (χ0v) is 11.8. The first-order valence-electron chi connectivity index (χ1n) is 6.70. The highest BCUT2D eigenvalue weighted by Crippen LogP contribution is 2.29. The molecule has 0 aliphatic heterocycles. The predicted molar refractivity (Wildman–Crippen MR) is 72.3 cm³/mol. The van der Waals surface area contributed by atoms with Gasteiger partial charge in [0.15, 0.2) is 5.03 Å². The molecule has 20 heavy (non-hydrogen) atoms. The largest absolute Gasteiger partial charge is 0.468 e. The summed E-state index contributed by atoms with van der Waals surface area (Å²) in [5, 5.41) is 0.135. The average Bonchev–Trinajstić information content (AvgIpc) is 3.16. The average molecular weight is 295 g/mol. The van der Waals surface area contributed by atoms with Crippen LogP contribution in [0.15, 0.2) is 40.4 Å². The number of hydrogen-bond donors (Lipinski definition) is 1. The topological polar surface area (TPSA) is 79.2 Å². The number of sulfonamides is 1. The van der Waals surface area contributed by atoms with Crippen LogP contribution in [0.2, 0.25) is 0 Å². The smallest absolute Gasteiger partial charge is 0.260 e. The zero-order valence-electron chi connectivity index (χ0n) is 11.0. The second-order valence-electron chi connectivity index (χ2n) is 4.98. The summed E-state index contributed by atoms with van der Waals surface area (Å²) < 4.78 is 32.3. The van der Waals surface area contributed by atoms with Gasteiger partial charge in [-0.3, -0.25) is 0 Å². The molecule has 0 bridgehead atoms. The van der Waals surface area contributed by atoms with Crippen LogP contribution in [-0.2, 0) is 16.6 Å². The molecule has 0 amide bonds. The van der Waals surface area contributed by atoms with Crippen LogP contribution in [0.3, 0.4) is 0 Å². The normalized spacial score (nSPS) is 17.1. The molecule has 6 nitrogen and oxygen atoms in total. The van der Waals surface area contributed by atoms with Crippen molar-refractivity contribution in [2.45, 2.75) is 43.3 Å². The van der Waals surface area contributed by atoms with E-state index in [1.54, 1.807) is 18.4 Å². The second kappa shape index (κ2) is 5.41. The maximum Gasteiger partial charge on any atom is 0.260 e. The van der Waals surface area contributed by atoms with E-state index in [2.05, 4.69) is 9.97 Å². The molecular weight excluding hydrogens is 278 g/mol. The van der Waals surface area contributed by atoms with E-state index in [1.165, 1.54) is 16.8 Å². The van der Waals surface area contributed by atoms with Gasteiger partial charge in [-0.1, -0.05) is 12.8 Å². The number of aromatic amines is 1. The van der Waals surface area contributed by atoms with E-state index in [9.17, 15) is 8.42 Å². The Morgan fingerprint density at radius 2 is 2.20 bits per heavy atom. The van der Waals surface area contributed by atoms with Crippen LogP contribution < -0.4 is 0 Å². The van der Waals surface area contributed by atoms with E-state index in [0.29, 0.717) is 5.76 Å². The minimum atomic E-state index is -3.56. The lowest BCUT2D eigenvalue weighted by molar-refractivity contribution is 0.291. The van der Waals surface area contributed by atoms with Crippen molar-refractivity contribution >= 4 is 10.0 Å². The highest BCUT2D eigenvalue weighted by Gasteiger charge is 2.34. The second-order valence-corrected chi connectivity index (χ2v) is 6.84. The molecule has 0 radical (unpaired) electrons. The van der Waals surface area contributed by atoms with Gasteiger partial charge < -0.3 is 9.40 Å². The SMILES string of the molecule is O=S(=O)(c1cnc[nH]1)N(Cc1ccco1)C1CCCC1. The number of nitrogens with one attached hydrogen (secondary N) is 1. The van der Waals surface area contributed by atoms with Gasteiger partial charge in [0.2, 0.25) is 0 Å². The van der Waals surface area contributed by atoms with Crippen LogP contribution >= 0.6 is 0 Å². The number of imidazole rings is 1. The fourth-order valence-corrected chi connectivity index (χ4v) is 4.22. The molecule has 0 spiro atoms. The summed E-state index contributed by atoms with van der Waals surface area (Å²) in [7, 11) is -3.56. The molecule has 2 aromatic rings. The molecule has 1 aliphatic carbocycles. The Labute approximate surface area is 117 Å². The van der Waals surface area contributed by atoms with Crippen molar-refractivity contribution in [1.29, 1.82) is 0 Å². The van der Waals surface area contributed by atoms with Crippen molar-refractivity contribution in [3.63, 3.8) is 0 Å². The van der Waals surface area contributed by atoms with Crippen molar-refractivity contribution in [1.82, 2.24) is 14.3 Å². The first-order valence-corrected chi connectivity index (χ1v) is 8.14. The molecule has 1 aliphatic rings. The van der Waals surface area contributed by atoms with Crippen molar-refractivity contribution in [2.24, 2.45) is 0 Å². The number of H-pyrrole nitrogens is 1. The van der Waals surface area contributed by atoms with E-state index >= 15 is 0 Å². The number of rotatable bonds is 5. The Hall–Kier alpha value is -1.60. The van der Waals surface area contributed by atoms with Crippen LogP contribution in [0.4, 0.5) is 0 Å². The molecule has 2 heterocycles. The van der Waals surface area contributed by atoms with E-state index in [1.807, 2.05) is 0 Å². The molecule has 0 aromatic carbocycles. The summed E-state index contributed by atoms with van der Waals surface area (Å²) >= 11 is 0. The minimum Gasteiger partial charge on any atom is -0.468 e. The lowest BCUT2D eigenvalue weighted by atomic mass is 10.2. The highest BCUT2D eigenvalue weighted by molar-refractivity contribution is 7.89. The Kier molecular flexibility index (Phi) is 3.62. The van der Waals surface area contributed by atoms with E-state index in [4.69, 9.17) is 4.42 Å². The fourth-order valence-electron chi connectivity index (χ4n) is 2.67. The van der Waals surface area contributed by atoms with Gasteiger partial charge in [0.05, 0.1) is 25.3 Å². The van der Waals surface area contributed by atoms with Gasteiger partial charge in [0.25, 0.3) is 10.0 Å². The first-order chi connectivity index (χ1) is 9.68. The third kappa shape index (κ3) is 2.51. The minimum absolute atomic E-state index is 0.0356. The Balaban J connectivity index is 1.92. The molecule has 7 heteroatoms. The van der Waals surface area contributed by atoms with Crippen molar-refractivity contribution in [3.05, 3.63) is 36.7 Å². The fraction of sp³-hybridized carbons (Fsp3) is 0.462. The highest BCUT2D eigenvalue weighted by atomic mass is 32.2. The van der Waals surface area contributed by atoms with Gasteiger partial charge in [-0.25, -0.2) is 13.4 Å². The number of hydrogen-bond acceptors (Lipinski definition) is 4. The van der Waals surface area contributed by atoms with Crippen molar-refractivity contribution < 1.29 is 12.8 Å². The quantitative estimate of drug-likeness (QED) is 0.916. The predicted octanol–water partition coefficient (Wildman–Crippen LogP) is 2.14. The maximum absolute atomic E-state index is 12.7. The number of nitrogens with zero attached hydrogens (tertiary/aromatic N) is 2. The van der Waals surface area contributed by atoms with Gasteiger partial charge in [-0.05, 0) is 25.0 Å². The van der Waals surface area contributed by atoms with Gasteiger partial charge >= 0.3 is 0 Å². The summed E-state index contributed by atoms with van der Waals surface area (Å²) in [6.07, 6.45) is 8.22. The van der Waals surface area contributed by atoms with Gasteiger partial charge in [-0.15, -0.1) is 0 Å². The summed E-state index contributed by atoms with van der Waals surface area (Å²) in [4.78, 5) is 6.50. The van der Waals surface area contributed by atoms with Crippen LogP contribution in [0.5, 0.6) is 0 Å².